The lowest BCUT2D eigenvalue weighted by molar-refractivity contribution is 0.0904. The molecule has 0 aliphatic heterocycles. The smallest absolute Gasteiger partial charge is 0.251 e. The Balaban J connectivity index is 1.96. The Morgan fingerprint density at radius 3 is 2.32 bits per heavy atom. The van der Waals surface area contributed by atoms with E-state index in [1.165, 1.54) is 18.2 Å². The summed E-state index contributed by atoms with van der Waals surface area (Å²) in [6, 6.07) is 14.0. The summed E-state index contributed by atoms with van der Waals surface area (Å²) in [4.78, 5) is 23.5. The monoisotopic (exact) mass is 257 g/mol. The summed E-state index contributed by atoms with van der Waals surface area (Å²) < 4.78 is 12.9. The Labute approximate surface area is 110 Å². The first-order valence-electron chi connectivity index (χ1n) is 5.79. The molecular weight excluding hydrogens is 245 g/mol. The number of hydrogen-bond acceptors (Lipinski definition) is 2. The third-order valence-corrected chi connectivity index (χ3v) is 2.59. The fraction of sp³-hybridized carbons (Fsp3) is 0.0667. The van der Waals surface area contributed by atoms with Crippen molar-refractivity contribution in [2.45, 2.75) is 0 Å². The summed E-state index contributed by atoms with van der Waals surface area (Å²) in [6.07, 6.45) is 0. The molecule has 0 spiro atoms. The zero-order valence-electron chi connectivity index (χ0n) is 10.1. The molecule has 0 aliphatic rings. The van der Waals surface area contributed by atoms with Gasteiger partial charge in [0.2, 0.25) is 0 Å². The van der Waals surface area contributed by atoms with Crippen molar-refractivity contribution in [1.29, 1.82) is 0 Å². The predicted octanol–water partition coefficient (Wildman–Crippen LogP) is 2.44. The van der Waals surface area contributed by atoms with Crippen LogP contribution in [0.4, 0.5) is 4.39 Å². The minimum Gasteiger partial charge on any atom is -0.345 e. The van der Waals surface area contributed by atoms with Crippen LogP contribution in [0.3, 0.4) is 0 Å². The lowest BCUT2D eigenvalue weighted by Crippen LogP contribution is -2.29. The Morgan fingerprint density at radius 1 is 0.947 bits per heavy atom. The fourth-order valence-electron chi connectivity index (χ4n) is 1.62. The number of carbonyl (C=O) groups excluding carboxylic acids is 2. The molecule has 0 unspecified atom stereocenters. The third kappa shape index (κ3) is 3.48. The van der Waals surface area contributed by atoms with Crippen LogP contribution < -0.4 is 5.32 Å². The van der Waals surface area contributed by atoms with Gasteiger partial charge in [0, 0.05) is 11.1 Å². The average Bonchev–Trinajstić information content (AvgIpc) is 2.45. The molecule has 19 heavy (non-hydrogen) atoms. The average molecular weight is 257 g/mol. The van der Waals surface area contributed by atoms with E-state index in [2.05, 4.69) is 5.32 Å². The minimum absolute atomic E-state index is 0.112. The van der Waals surface area contributed by atoms with Gasteiger partial charge in [-0.3, -0.25) is 9.59 Å². The van der Waals surface area contributed by atoms with Crippen molar-refractivity contribution in [1.82, 2.24) is 5.32 Å². The van der Waals surface area contributed by atoms with E-state index in [-0.39, 0.29) is 17.9 Å². The highest BCUT2D eigenvalue weighted by Gasteiger charge is 2.09. The molecule has 1 N–H and O–H groups in total. The Morgan fingerprint density at radius 2 is 1.63 bits per heavy atom. The van der Waals surface area contributed by atoms with Crippen LogP contribution in [0.2, 0.25) is 0 Å². The van der Waals surface area contributed by atoms with Gasteiger partial charge in [0.15, 0.2) is 5.78 Å². The van der Waals surface area contributed by atoms with Crippen LogP contribution in [0, 0.1) is 5.82 Å². The van der Waals surface area contributed by atoms with Crippen molar-refractivity contribution >= 4 is 11.7 Å². The van der Waals surface area contributed by atoms with Crippen LogP contribution in [0.15, 0.2) is 54.6 Å². The van der Waals surface area contributed by atoms with E-state index >= 15 is 0 Å². The Bertz CT molecular complexity index is 596. The van der Waals surface area contributed by atoms with E-state index in [4.69, 9.17) is 0 Å². The van der Waals surface area contributed by atoms with Crippen LogP contribution in [0.25, 0.3) is 0 Å². The van der Waals surface area contributed by atoms with Crippen molar-refractivity contribution in [2.24, 2.45) is 0 Å². The van der Waals surface area contributed by atoms with Gasteiger partial charge in [-0.15, -0.1) is 0 Å². The van der Waals surface area contributed by atoms with Crippen LogP contribution in [-0.4, -0.2) is 18.2 Å². The molecule has 1 amide bonds. The predicted molar refractivity (Wildman–Crippen MR) is 69.5 cm³/mol. The highest BCUT2D eigenvalue weighted by molar-refractivity contribution is 6.02. The molecular formula is C15H12FNO2. The number of amides is 1. The van der Waals surface area contributed by atoms with Gasteiger partial charge in [-0.2, -0.15) is 0 Å². The van der Waals surface area contributed by atoms with E-state index in [1.807, 2.05) is 6.07 Å². The minimum atomic E-state index is -0.484. The number of nitrogens with one attached hydrogen (secondary N) is 1. The number of rotatable bonds is 4. The van der Waals surface area contributed by atoms with Crippen LogP contribution >= 0.6 is 0 Å². The zero-order chi connectivity index (χ0) is 13.7. The topological polar surface area (TPSA) is 46.2 Å². The van der Waals surface area contributed by atoms with Crippen LogP contribution in [-0.2, 0) is 0 Å². The van der Waals surface area contributed by atoms with Gasteiger partial charge < -0.3 is 5.32 Å². The molecule has 0 bridgehead atoms. The number of hydrogen-bond donors (Lipinski definition) is 1. The molecule has 0 atom stereocenters. The van der Waals surface area contributed by atoms with Crippen LogP contribution in [0.1, 0.15) is 20.7 Å². The highest BCUT2D eigenvalue weighted by atomic mass is 19.1. The van der Waals surface area contributed by atoms with Gasteiger partial charge in [0.05, 0.1) is 6.54 Å². The molecule has 96 valence electrons. The Kier molecular flexibility index (Phi) is 4.03. The second-order valence-electron chi connectivity index (χ2n) is 3.98. The molecule has 0 saturated heterocycles. The zero-order valence-corrected chi connectivity index (χ0v) is 10.1. The maximum absolute atomic E-state index is 12.9. The molecule has 0 aromatic heterocycles. The van der Waals surface area contributed by atoms with Crippen molar-refractivity contribution in [3.05, 3.63) is 71.5 Å². The van der Waals surface area contributed by atoms with E-state index in [9.17, 15) is 14.0 Å². The fourth-order valence-corrected chi connectivity index (χ4v) is 1.62. The molecule has 0 radical (unpaired) electrons. The van der Waals surface area contributed by atoms with Gasteiger partial charge in [-0.05, 0) is 18.2 Å². The summed E-state index contributed by atoms with van der Waals surface area (Å²) in [5, 5.41) is 2.47. The van der Waals surface area contributed by atoms with Crippen molar-refractivity contribution < 1.29 is 14.0 Å². The summed E-state index contributed by atoms with van der Waals surface area (Å²) in [5.74, 6) is -1.14. The number of carbonyl (C=O) groups is 2. The quantitative estimate of drug-likeness (QED) is 0.855. The molecule has 4 heteroatoms. The van der Waals surface area contributed by atoms with Gasteiger partial charge in [0.1, 0.15) is 5.82 Å². The van der Waals surface area contributed by atoms with Gasteiger partial charge in [-0.1, -0.05) is 36.4 Å². The number of benzene rings is 2. The molecule has 2 aromatic carbocycles. The first-order valence-corrected chi connectivity index (χ1v) is 5.79. The number of ketones is 1. The van der Waals surface area contributed by atoms with Crippen molar-refractivity contribution in [3.63, 3.8) is 0 Å². The Hall–Kier alpha value is -2.49. The maximum atomic E-state index is 12.9. The molecule has 2 rings (SSSR count). The summed E-state index contributed by atoms with van der Waals surface area (Å²) in [7, 11) is 0. The molecule has 0 heterocycles. The summed E-state index contributed by atoms with van der Waals surface area (Å²) in [6.45, 7) is -0.112. The van der Waals surface area contributed by atoms with Gasteiger partial charge in [-0.25, -0.2) is 4.39 Å². The second kappa shape index (κ2) is 5.91. The third-order valence-electron chi connectivity index (χ3n) is 2.59. The lowest BCUT2D eigenvalue weighted by Gasteiger charge is -2.04. The van der Waals surface area contributed by atoms with Crippen LogP contribution in [0.5, 0.6) is 0 Å². The van der Waals surface area contributed by atoms with Crippen molar-refractivity contribution in [2.75, 3.05) is 6.54 Å². The van der Waals surface area contributed by atoms with Crippen molar-refractivity contribution in [3.8, 4) is 0 Å². The summed E-state index contributed by atoms with van der Waals surface area (Å²) >= 11 is 0. The first kappa shape index (κ1) is 13.0. The molecule has 0 saturated carbocycles. The normalized spacial score (nSPS) is 9.95. The number of halogens is 1. The van der Waals surface area contributed by atoms with Gasteiger partial charge >= 0.3 is 0 Å². The SMILES string of the molecule is O=C(CNC(=O)c1cccc(F)c1)c1ccccc1. The molecule has 3 nitrogen and oxygen atoms in total. The first-order chi connectivity index (χ1) is 9.16. The standard InChI is InChI=1S/C15H12FNO2/c16-13-8-4-7-12(9-13)15(19)17-10-14(18)11-5-2-1-3-6-11/h1-9H,10H2,(H,17,19). The molecule has 0 fully saturated rings. The summed E-state index contributed by atoms with van der Waals surface area (Å²) in [5.41, 5.74) is 0.725. The molecule has 2 aromatic rings. The van der Waals surface area contributed by atoms with Gasteiger partial charge in [0.25, 0.3) is 5.91 Å². The molecule has 0 aliphatic carbocycles. The maximum Gasteiger partial charge on any atom is 0.251 e. The lowest BCUT2D eigenvalue weighted by atomic mass is 10.1. The number of Topliss-reactive ketones (excluding diaryl/α,β-unsaturated/α-hetero) is 1. The largest absolute Gasteiger partial charge is 0.345 e. The van der Waals surface area contributed by atoms with E-state index in [0.29, 0.717) is 5.56 Å². The highest BCUT2D eigenvalue weighted by Crippen LogP contribution is 2.03. The second-order valence-corrected chi connectivity index (χ2v) is 3.98. The van der Waals surface area contributed by atoms with E-state index < -0.39 is 11.7 Å². The van der Waals surface area contributed by atoms with E-state index in [1.54, 1.807) is 24.3 Å². The van der Waals surface area contributed by atoms with E-state index in [0.717, 1.165) is 6.07 Å².